The number of hydrogen-bond donors (Lipinski definition) is 2. The Labute approximate surface area is 154 Å². The van der Waals surface area contributed by atoms with Gasteiger partial charge in [-0.15, -0.1) is 11.3 Å². The van der Waals surface area contributed by atoms with E-state index in [1.54, 1.807) is 17.5 Å². The average molecular weight is 365 g/mol. The van der Waals surface area contributed by atoms with Gasteiger partial charge in [0.05, 0.1) is 22.6 Å². The lowest BCUT2D eigenvalue weighted by Crippen LogP contribution is -2.27. The lowest BCUT2D eigenvalue weighted by Gasteiger charge is -2.11. The van der Waals surface area contributed by atoms with Crippen LogP contribution in [0.1, 0.15) is 40.5 Å². The molecule has 0 aliphatic carbocycles. The van der Waals surface area contributed by atoms with Crippen LogP contribution in [0.5, 0.6) is 0 Å². The summed E-state index contributed by atoms with van der Waals surface area (Å²) in [6.07, 6.45) is 1.77. The van der Waals surface area contributed by atoms with E-state index in [1.807, 2.05) is 61.1 Å². The number of carbonyl (C=O) groups is 1. The minimum atomic E-state index is -0.224. The third kappa shape index (κ3) is 2.80. The number of rotatable bonds is 4. The molecule has 0 aliphatic rings. The van der Waals surface area contributed by atoms with Crippen LogP contribution in [0.3, 0.4) is 0 Å². The molecule has 1 unspecified atom stereocenters. The summed E-state index contributed by atoms with van der Waals surface area (Å²) in [6, 6.07) is 9.51. The van der Waals surface area contributed by atoms with E-state index in [0.717, 1.165) is 33.4 Å². The summed E-state index contributed by atoms with van der Waals surface area (Å²) in [5.74, 6) is 0.627. The van der Waals surface area contributed by atoms with E-state index in [1.165, 1.54) is 0 Å². The van der Waals surface area contributed by atoms with Gasteiger partial charge in [0, 0.05) is 23.0 Å². The molecule has 2 N–H and O–H groups in total. The largest absolute Gasteiger partial charge is 0.342 e. The van der Waals surface area contributed by atoms with Crippen molar-refractivity contribution in [3.63, 3.8) is 0 Å². The third-order valence-corrected chi connectivity index (χ3v) is 5.21. The second-order valence-electron chi connectivity index (χ2n) is 6.27. The Hall–Kier alpha value is -2.93. The molecular weight excluding hydrogens is 346 g/mol. The van der Waals surface area contributed by atoms with Crippen LogP contribution in [-0.2, 0) is 0 Å². The maximum atomic E-state index is 12.8. The summed E-state index contributed by atoms with van der Waals surface area (Å²) >= 11 is 1.55. The number of H-pyrrole nitrogens is 1. The number of aromatic nitrogens is 4. The molecule has 6 nitrogen and oxygen atoms in total. The van der Waals surface area contributed by atoms with Crippen molar-refractivity contribution in [2.24, 2.45) is 0 Å². The molecule has 0 radical (unpaired) electrons. The summed E-state index contributed by atoms with van der Waals surface area (Å²) < 4.78 is 2.01. The standard InChI is InChI=1S/C19H19N5OS/c1-11-10-14(13(3)24(11)19-20-8-9-26-19)18(25)21-12(2)17-22-15-6-4-5-7-16(15)23-17/h4-10,12H,1-3H3,(H,21,25)(H,22,23). The monoisotopic (exact) mass is 365 g/mol. The van der Waals surface area contributed by atoms with E-state index in [4.69, 9.17) is 0 Å². The lowest BCUT2D eigenvalue weighted by molar-refractivity contribution is 0.0938. The van der Waals surface area contributed by atoms with Crippen molar-refractivity contribution >= 4 is 28.3 Å². The number of aromatic amines is 1. The highest BCUT2D eigenvalue weighted by Gasteiger charge is 2.20. The molecule has 1 amide bonds. The van der Waals surface area contributed by atoms with Gasteiger partial charge < -0.3 is 10.3 Å². The van der Waals surface area contributed by atoms with Crippen molar-refractivity contribution < 1.29 is 4.79 Å². The van der Waals surface area contributed by atoms with Crippen molar-refractivity contribution in [3.05, 3.63) is 64.7 Å². The van der Waals surface area contributed by atoms with Crippen LogP contribution in [0.2, 0.25) is 0 Å². The van der Waals surface area contributed by atoms with E-state index in [-0.39, 0.29) is 11.9 Å². The van der Waals surface area contributed by atoms with E-state index in [2.05, 4.69) is 20.3 Å². The lowest BCUT2D eigenvalue weighted by atomic mass is 10.2. The highest BCUT2D eigenvalue weighted by molar-refractivity contribution is 7.12. The first-order chi connectivity index (χ1) is 12.5. The zero-order chi connectivity index (χ0) is 18.3. The fourth-order valence-electron chi connectivity index (χ4n) is 3.13. The molecule has 132 valence electrons. The second kappa shape index (κ2) is 6.42. The van der Waals surface area contributed by atoms with Crippen LogP contribution in [-0.4, -0.2) is 25.4 Å². The van der Waals surface area contributed by atoms with Crippen molar-refractivity contribution in [1.82, 2.24) is 24.8 Å². The molecule has 26 heavy (non-hydrogen) atoms. The predicted octanol–water partition coefficient (Wildman–Crippen LogP) is 3.92. The number of para-hydroxylation sites is 2. The van der Waals surface area contributed by atoms with Crippen LogP contribution >= 0.6 is 11.3 Å². The highest BCUT2D eigenvalue weighted by Crippen LogP contribution is 2.23. The molecule has 0 aliphatic heterocycles. The Morgan fingerprint density at radius 2 is 2.12 bits per heavy atom. The molecule has 0 fully saturated rings. The summed E-state index contributed by atoms with van der Waals surface area (Å²) in [6.45, 7) is 5.85. The number of benzene rings is 1. The quantitative estimate of drug-likeness (QED) is 0.575. The molecule has 0 saturated carbocycles. The van der Waals surface area contributed by atoms with Gasteiger partial charge in [-0.1, -0.05) is 12.1 Å². The minimum Gasteiger partial charge on any atom is -0.342 e. The molecule has 1 aromatic carbocycles. The van der Waals surface area contributed by atoms with Crippen molar-refractivity contribution in [2.45, 2.75) is 26.8 Å². The maximum Gasteiger partial charge on any atom is 0.253 e. The fourth-order valence-corrected chi connectivity index (χ4v) is 3.89. The molecule has 0 bridgehead atoms. The van der Waals surface area contributed by atoms with E-state index < -0.39 is 0 Å². The zero-order valence-corrected chi connectivity index (χ0v) is 15.6. The summed E-state index contributed by atoms with van der Waals surface area (Å²) in [7, 11) is 0. The number of nitrogens with zero attached hydrogens (tertiary/aromatic N) is 3. The predicted molar refractivity (Wildman–Crippen MR) is 103 cm³/mol. The smallest absolute Gasteiger partial charge is 0.253 e. The van der Waals surface area contributed by atoms with Gasteiger partial charge in [0.1, 0.15) is 5.82 Å². The van der Waals surface area contributed by atoms with Crippen LogP contribution in [0, 0.1) is 13.8 Å². The zero-order valence-electron chi connectivity index (χ0n) is 14.8. The first-order valence-electron chi connectivity index (χ1n) is 8.39. The number of nitrogens with one attached hydrogen (secondary N) is 2. The Morgan fingerprint density at radius 3 is 2.85 bits per heavy atom. The van der Waals surface area contributed by atoms with Crippen LogP contribution in [0.15, 0.2) is 41.9 Å². The second-order valence-corrected chi connectivity index (χ2v) is 7.14. The topological polar surface area (TPSA) is 75.6 Å². The molecule has 0 spiro atoms. The van der Waals surface area contributed by atoms with Crippen molar-refractivity contribution in [1.29, 1.82) is 0 Å². The number of fused-ring (bicyclic) bond motifs is 1. The van der Waals surface area contributed by atoms with Gasteiger partial charge in [-0.2, -0.15) is 0 Å². The number of aryl methyl sites for hydroxylation is 1. The van der Waals surface area contributed by atoms with Crippen LogP contribution < -0.4 is 5.32 Å². The maximum absolute atomic E-state index is 12.8. The van der Waals surface area contributed by atoms with Crippen LogP contribution in [0.25, 0.3) is 16.2 Å². The Balaban J connectivity index is 1.59. The Bertz CT molecular complexity index is 1040. The Morgan fingerprint density at radius 1 is 1.31 bits per heavy atom. The fraction of sp³-hybridized carbons (Fsp3) is 0.211. The van der Waals surface area contributed by atoms with Gasteiger partial charge in [-0.25, -0.2) is 9.97 Å². The van der Waals surface area contributed by atoms with Gasteiger partial charge in [-0.05, 0) is 39.0 Å². The number of thiazole rings is 1. The molecule has 4 rings (SSSR count). The minimum absolute atomic E-state index is 0.117. The average Bonchev–Trinajstić information content (AvgIpc) is 3.33. The van der Waals surface area contributed by atoms with Gasteiger partial charge in [0.15, 0.2) is 5.13 Å². The number of hydrogen-bond acceptors (Lipinski definition) is 4. The first kappa shape index (κ1) is 16.5. The van der Waals surface area contributed by atoms with E-state index >= 15 is 0 Å². The molecular formula is C19H19N5OS. The number of amides is 1. The van der Waals surface area contributed by atoms with Gasteiger partial charge in [-0.3, -0.25) is 9.36 Å². The van der Waals surface area contributed by atoms with Crippen LogP contribution in [0.4, 0.5) is 0 Å². The summed E-state index contributed by atoms with van der Waals surface area (Å²) in [5, 5.41) is 5.83. The normalized spacial score (nSPS) is 12.4. The SMILES string of the molecule is Cc1cc(C(=O)NC(C)c2nc3ccccc3[nH]2)c(C)n1-c1nccs1. The summed E-state index contributed by atoms with van der Waals surface area (Å²) in [5.41, 5.74) is 4.38. The highest BCUT2D eigenvalue weighted by atomic mass is 32.1. The first-order valence-corrected chi connectivity index (χ1v) is 9.27. The van der Waals surface area contributed by atoms with Gasteiger partial charge in [0.2, 0.25) is 0 Å². The van der Waals surface area contributed by atoms with E-state index in [0.29, 0.717) is 5.56 Å². The van der Waals surface area contributed by atoms with Gasteiger partial charge >= 0.3 is 0 Å². The van der Waals surface area contributed by atoms with E-state index in [9.17, 15) is 4.79 Å². The number of carbonyl (C=O) groups excluding carboxylic acids is 1. The van der Waals surface area contributed by atoms with Gasteiger partial charge in [0.25, 0.3) is 5.91 Å². The van der Waals surface area contributed by atoms with Crippen molar-refractivity contribution in [3.8, 4) is 5.13 Å². The molecule has 3 heterocycles. The molecule has 0 saturated heterocycles. The Kier molecular flexibility index (Phi) is 4.08. The molecule has 1 atom stereocenters. The molecule has 7 heteroatoms. The van der Waals surface area contributed by atoms with Crippen molar-refractivity contribution in [2.75, 3.05) is 0 Å². The third-order valence-electron chi connectivity index (χ3n) is 4.45. The summed E-state index contributed by atoms with van der Waals surface area (Å²) in [4.78, 5) is 25.0. The number of imidazole rings is 1. The molecule has 4 aromatic rings. The molecule has 3 aromatic heterocycles.